The zero-order valence-corrected chi connectivity index (χ0v) is 15.6. The Balaban J connectivity index is 1.74. The van der Waals surface area contributed by atoms with E-state index in [9.17, 15) is 4.79 Å². The van der Waals surface area contributed by atoms with E-state index in [2.05, 4.69) is 9.88 Å². The Labute approximate surface area is 157 Å². The predicted octanol–water partition coefficient (Wildman–Crippen LogP) is 3.67. The normalized spacial score (nSPS) is 17.4. The molecule has 0 bridgehead atoms. The van der Waals surface area contributed by atoms with Gasteiger partial charge in [0.05, 0.1) is 22.2 Å². The molecular weight excluding hydrogens is 361 g/mol. The van der Waals surface area contributed by atoms with Crippen molar-refractivity contribution in [1.82, 2.24) is 9.88 Å². The highest BCUT2D eigenvalue weighted by Gasteiger charge is 2.23. The molecule has 132 valence electrons. The number of nitrogens with zero attached hydrogens (tertiary/aromatic N) is 3. The molecule has 1 aromatic heterocycles. The number of morpholine rings is 1. The maximum absolute atomic E-state index is 12.0. The highest BCUT2D eigenvalue weighted by Crippen LogP contribution is 2.30. The average Bonchev–Trinajstić information content (AvgIpc) is 2.63. The lowest BCUT2D eigenvalue weighted by Crippen LogP contribution is -2.38. The van der Waals surface area contributed by atoms with E-state index in [0.29, 0.717) is 28.8 Å². The van der Waals surface area contributed by atoms with Gasteiger partial charge in [0.1, 0.15) is 11.9 Å². The maximum atomic E-state index is 12.0. The molecule has 1 fully saturated rings. The third-order valence-corrected chi connectivity index (χ3v) is 4.85. The van der Waals surface area contributed by atoms with E-state index >= 15 is 0 Å². The van der Waals surface area contributed by atoms with E-state index < -0.39 is 0 Å². The first-order chi connectivity index (χ1) is 12.0. The monoisotopic (exact) mass is 379 g/mol. The molecule has 0 radical (unpaired) electrons. The first-order valence-electron chi connectivity index (χ1n) is 7.95. The summed E-state index contributed by atoms with van der Waals surface area (Å²) < 4.78 is 5.87. The fourth-order valence-electron chi connectivity index (χ4n) is 2.73. The fourth-order valence-corrected chi connectivity index (χ4v) is 3.04. The van der Waals surface area contributed by atoms with E-state index in [1.165, 1.54) is 4.90 Å². The van der Waals surface area contributed by atoms with Gasteiger partial charge in [0.15, 0.2) is 0 Å². The number of carbonyl (C=O) groups excluding carboxylic acids is 1. The summed E-state index contributed by atoms with van der Waals surface area (Å²) in [5.74, 6) is 0.762. The Morgan fingerprint density at radius 1 is 1.24 bits per heavy atom. The molecule has 7 heteroatoms. The summed E-state index contributed by atoms with van der Waals surface area (Å²) in [7, 11) is 3.44. The van der Waals surface area contributed by atoms with Gasteiger partial charge in [0, 0.05) is 33.4 Å². The van der Waals surface area contributed by atoms with Gasteiger partial charge in [-0.05, 0) is 29.8 Å². The smallest absolute Gasteiger partial charge is 0.254 e. The SMILES string of the molecule is CN(C)C(=O)c1ccc(N2CCO[C@@H](c3ccc(Cl)c(Cl)c3)C2)nc1. The van der Waals surface area contributed by atoms with Crippen molar-refractivity contribution in [3.63, 3.8) is 0 Å². The number of benzene rings is 1. The van der Waals surface area contributed by atoms with Gasteiger partial charge in [0.25, 0.3) is 5.91 Å². The Morgan fingerprint density at radius 2 is 2.04 bits per heavy atom. The molecule has 25 heavy (non-hydrogen) atoms. The molecule has 0 N–H and O–H groups in total. The van der Waals surface area contributed by atoms with Crippen LogP contribution in [0.15, 0.2) is 36.5 Å². The zero-order chi connectivity index (χ0) is 18.0. The molecule has 1 aliphatic heterocycles. The van der Waals surface area contributed by atoms with Gasteiger partial charge in [-0.2, -0.15) is 0 Å². The van der Waals surface area contributed by atoms with Crippen LogP contribution in [-0.2, 0) is 4.74 Å². The Kier molecular flexibility index (Phi) is 5.47. The first-order valence-corrected chi connectivity index (χ1v) is 8.70. The van der Waals surface area contributed by atoms with E-state index in [-0.39, 0.29) is 12.0 Å². The second kappa shape index (κ2) is 7.60. The summed E-state index contributed by atoms with van der Waals surface area (Å²) in [6.45, 7) is 1.99. The second-order valence-electron chi connectivity index (χ2n) is 6.08. The van der Waals surface area contributed by atoms with Crippen molar-refractivity contribution >= 4 is 34.9 Å². The minimum Gasteiger partial charge on any atom is -0.370 e. The van der Waals surface area contributed by atoms with Gasteiger partial charge in [0.2, 0.25) is 0 Å². The van der Waals surface area contributed by atoms with E-state index in [1.54, 1.807) is 32.4 Å². The number of aromatic nitrogens is 1. The number of carbonyl (C=O) groups is 1. The molecule has 0 spiro atoms. The number of ether oxygens (including phenoxy) is 1. The van der Waals surface area contributed by atoms with Gasteiger partial charge in [-0.3, -0.25) is 4.79 Å². The summed E-state index contributed by atoms with van der Waals surface area (Å²) in [4.78, 5) is 20.1. The molecule has 3 rings (SSSR count). The molecule has 0 aliphatic carbocycles. The van der Waals surface area contributed by atoms with Crippen LogP contribution in [0.1, 0.15) is 22.0 Å². The van der Waals surface area contributed by atoms with Crippen molar-refractivity contribution in [2.45, 2.75) is 6.10 Å². The van der Waals surface area contributed by atoms with Crippen LogP contribution < -0.4 is 4.90 Å². The third kappa shape index (κ3) is 4.06. The average molecular weight is 380 g/mol. The van der Waals surface area contributed by atoms with Crippen molar-refractivity contribution in [2.24, 2.45) is 0 Å². The van der Waals surface area contributed by atoms with Crippen LogP contribution in [0.3, 0.4) is 0 Å². The van der Waals surface area contributed by atoms with Crippen molar-refractivity contribution in [2.75, 3.05) is 38.7 Å². The summed E-state index contributed by atoms with van der Waals surface area (Å²) in [6, 6.07) is 9.21. The highest BCUT2D eigenvalue weighted by molar-refractivity contribution is 6.42. The van der Waals surface area contributed by atoms with Crippen molar-refractivity contribution in [3.05, 3.63) is 57.7 Å². The minimum absolute atomic E-state index is 0.0605. The van der Waals surface area contributed by atoms with Crippen LogP contribution in [0.2, 0.25) is 10.0 Å². The van der Waals surface area contributed by atoms with Gasteiger partial charge in [-0.1, -0.05) is 29.3 Å². The number of rotatable bonds is 3. The van der Waals surface area contributed by atoms with E-state index in [4.69, 9.17) is 27.9 Å². The van der Waals surface area contributed by atoms with Crippen molar-refractivity contribution in [3.8, 4) is 0 Å². The van der Waals surface area contributed by atoms with Crippen LogP contribution in [0.4, 0.5) is 5.82 Å². The van der Waals surface area contributed by atoms with Gasteiger partial charge in [-0.15, -0.1) is 0 Å². The van der Waals surface area contributed by atoms with Gasteiger partial charge >= 0.3 is 0 Å². The van der Waals surface area contributed by atoms with Crippen LogP contribution in [-0.4, -0.2) is 49.6 Å². The molecular formula is C18H19Cl2N3O2. The molecule has 1 atom stereocenters. The van der Waals surface area contributed by atoms with E-state index in [1.807, 2.05) is 18.2 Å². The Morgan fingerprint density at radius 3 is 2.68 bits per heavy atom. The largest absolute Gasteiger partial charge is 0.370 e. The van der Waals surface area contributed by atoms with Crippen molar-refractivity contribution in [1.29, 1.82) is 0 Å². The summed E-state index contributed by atoms with van der Waals surface area (Å²) >= 11 is 12.1. The number of anilines is 1. The number of hydrogen-bond donors (Lipinski definition) is 0. The zero-order valence-electron chi connectivity index (χ0n) is 14.1. The summed E-state index contributed by atoms with van der Waals surface area (Å²) in [5.41, 5.74) is 1.56. The molecule has 2 heterocycles. The van der Waals surface area contributed by atoms with E-state index in [0.717, 1.165) is 17.9 Å². The number of pyridine rings is 1. The number of halogens is 2. The molecule has 1 aromatic carbocycles. The standard InChI is InChI=1S/C18H19Cl2N3O2/c1-22(2)18(24)13-4-6-17(21-10-13)23-7-8-25-16(11-23)12-3-5-14(19)15(20)9-12/h3-6,9-10,16H,7-8,11H2,1-2H3/t16-/m1/s1. The summed E-state index contributed by atoms with van der Waals surface area (Å²) in [5, 5.41) is 1.05. The lowest BCUT2D eigenvalue weighted by molar-refractivity contribution is 0.0395. The van der Waals surface area contributed by atoms with Gasteiger partial charge < -0.3 is 14.5 Å². The quantitative estimate of drug-likeness (QED) is 0.815. The lowest BCUT2D eigenvalue weighted by Gasteiger charge is -2.34. The number of hydrogen-bond acceptors (Lipinski definition) is 4. The maximum Gasteiger partial charge on any atom is 0.254 e. The third-order valence-electron chi connectivity index (χ3n) is 4.11. The predicted molar refractivity (Wildman–Crippen MR) is 99.6 cm³/mol. The molecule has 1 aliphatic rings. The second-order valence-corrected chi connectivity index (χ2v) is 6.90. The first kappa shape index (κ1) is 18.0. The molecule has 0 unspecified atom stereocenters. The van der Waals surface area contributed by atoms with Gasteiger partial charge in [-0.25, -0.2) is 4.98 Å². The number of amides is 1. The topological polar surface area (TPSA) is 45.7 Å². The Bertz CT molecular complexity index is 765. The van der Waals surface area contributed by atoms with Crippen LogP contribution in [0.25, 0.3) is 0 Å². The molecule has 1 saturated heterocycles. The molecule has 0 saturated carbocycles. The molecule has 5 nitrogen and oxygen atoms in total. The lowest BCUT2D eigenvalue weighted by atomic mass is 10.1. The van der Waals surface area contributed by atoms with Crippen LogP contribution >= 0.6 is 23.2 Å². The van der Waals surface area contributed by atoms with Crippen molar-refractivity contribution < 1.29 is 9.53 Å². The Hall–Kier alpha value is -1.82. The summed E-state index contributed by atoms with van der Waals surface area (Å²) in [6.07, 6.45) is 1.51. The van der Waals surface area contributed by atoms with Crippen LogP contribution in [0, 0.1) is 0 Å². The molecule has 1 amide bonds. The minimum atomic E-state index is -0.103. The van der Waals surface area contributed by atoms with Crippen LogP contribution in [0.5, 0.6) is 0 Å². The molecule has 2 aromatic rings. The fraction of sp³-hybridized carbons (Fsp3) is 0.333. The highest BCUT2D eigenvalue weighted by atomic mass is 35.5.